The molecule has 21 heavy (non-hydrogen) atoms. The van der Waals surface area contributed by atoms with E-state index in [-0.39, 0.29) is 24.1 Å². The van der Waals surface area contributed by atoms with Gasteiger partial charge in [-0.15, -0.1) is 0 Å². The molecule has 0 spiro atoms. The molecule has 1 fully saturated rings. The summed E-state index contributed by atoms with van der Waals surface area (Å²) in [4.78, 5) is 24.2. The molecule has 1 aliphatic carbocycles. The first-order chi connectivity index (χ1) is 10.0. The molecule has 0 aromatic heterocycles. The molecule has 0 aliphatic heterocycles. The second kappa shape index (κ2) is 6.67. The number of hydrogen-bond acceptors (Lipinski definition) is 5. The molecule has 0 heterocycles. The second-order valence-corrected chi connectivity index (χ2v) is 5.37. The number of hydrogen-bond donors (Lipinski definition) is 1. The van der Waals surface area contributed by atoms with Crippen molar-refractivity contribution in [1.82, 2.24) is 0 Å². The number of benzene rings is 1. The van der Waals surface area contributed by atoms with Crippen molar-refractivity contribution >= 4 is 17.2 Å². The Morgan fingerprint density at radius 1 is 1.43 bits per heavy atom. The van der Waals surface area contributed by atoms with Gasteiger partial charge in [-0.25, -0.2) is 0 Å². The highest BCUT2D eigenvalue weighted by molar-refractivity contribution is 5.95. The fourth-order valence-corrected chi connectivity index (χ4v) is 2.95. The lowest BCUT2D eigenvalue weighted by molar-refractivity contribution is -0.384. The smallest absolute Gasteiger partial charge is 0.293 e. The summed E-state index contributed by atoms with van der Waals surface area (Å²) in [5.74, 6) is -0.195. The van der Waals surface area contributed by atoms with Gasteiger partial charge in [-0.1, -0.05) is 12.8 Å². The zero-order valence-corrected chi connectivity index (χ0v) is 12.1. The summed E-state index contributed by atoms with van der Waals surface area (Å²) >= 11 is 0. The first-order valence-electron chi connectivity index (χ1n) is 7.21. The highest BCUT2D eigenvalue weighted by atomic mass is 16.6. The molecule has 0 saturated heterocycles. The largest absolute Gasteiger partial charge is 0.395 e. The third kappa shape index (κ3) is 3.39. The van der Waals surface area contributed by atoms with Gasteiger partial charge in [-0.3, -0.25) is 14.9 Å². The van der Waals surface area contributed by atoms with Crippen LogP contribution in [0.5, 0.6) is 0 Å². The summed E-state index contributed by atoms with van der Waals surface area (Å²) in [7, 11) is 0. The number of aliphatic hydroxyl groups excluding tert-OH is 1. The summed E-state index contributed by atoms with van der Waals surface area (Å²) in [6.07, 6.45) is 4.16. The third-order valence-corrected chi connectivity index (χ3v) is 3.99. The Balaban J connectivity index is 2.43. The van der Waals surface area contributed by atoms with Crippen LogP contribution in [0.4, 0.5) is 11.4 Å². The zero-order chi connectivity index (χ0) is 15.4. The van der Waals surface area contributed by atoms with Crippen LogP contribution in [-0.2, 0) is 0 Å². The summed E-state index contributed by atoms with van der Waals surface area (Å²) < 4.78 is 0. The number of carbonyl (C=O) groups excluding carboxylic acids is 1. The molecule has 114 valence electrons. The van der Waals surface area contributed by atoms with E-state index in [0.29, 0.717) is 17.8 Å². The van der Waals surface area contributed by atoms with Crippen molar-refractivity contribution in [3.8, 4) is 0 Å². The van der Waals surface area contributed by atoms with Gasteiger partial charge in [0.25, 0.3) is 5.69 Å². The van der Waals surface area contributed by atoms with Gasteiger partial charge >= 0.3 is 0 Å². The Morgan fingerprint density at radius 2 is 2.10 bits per heavy atom. The number of ketones is 1. The molecular formula is C15H20N2O4. The van der Waals surface area contributed by atoms with Gasteiger partial charge in [0.15, 0.2) is 5.78 Å². The van der Waals surface area contributed by atoms with Gasteiger partial charge in [0.2, 0.25) is 0 Å². The molecule has 1 saturated carbocycles. The van der Waals surface area contributed by atoms with Crippen LogP contribution in [0.1, 0.15) is 43.0 Å². The summed E-state index contributed by atoms with van der Waals surface area (Å²) in [5.41, 5.74) is 0.759. The minimum absolute atomic E-state index is 0.0535. The lowest BCUT2D eigenvalue weighted by Gasteiger charge is -2.30. The van der Waals surface area contributed by atoms with Crippen LogP contribution in [0.25, 0.3) is 0 Å². The fourth-order valence-electron chi connectivity index (χ4n) is 2.95. The van der Waals surface area contributed by atoms with Crippen molar-refractivity contribution in [3.63, 3.8) is 0 Å². The lowest BCUT2D eigenvalue weighted by atomic mass is 10.1. The van der Waals surface area contributed by atoms with E-state index in [9.17, 15) is 20.0 Å². The van der Waals surface area contributed by atoms with Crippen LogP contribution in [0.3, 0.4) is 0 Å². The molecule has 0 bridgehead atoms. The standard InChI is InChI=1S/C15H20N2O4/c1-11(19)12-6-7-14(15(10-12)17(20)21)16(8-9-18)13-4-2-3-5-13/h6-7,10,13,18H,2-5,8-9H2,1H3. The Kier molecular flexibility index (Phi) is 4.90. The molecule has 0 amide bonds. The van der Waals surface area contributed by atoms with Crippen LogP contribution in [0.15, 0.2) is 18.2 Å². The average molecular weight is 292 g/mol. The molecule has 1 N–H and O–H groups in total. The number of anilines is 1. The van der Waals surface area contributed by atoms with Crippen molar-refractivity contribution < 1.29 is 14.8 Å². The maximum absolute atomic E-state index is 11.4. The first kappa shape index (κ1) is 15.4. The van der Waals surface area contributed by atoms with E-state index in [1.165, 1.54) is 13.0 Å². The van der Waals surface area contributed by atoms with E-state index in [2.05, 4.69) is 0 Å². The maximum atomic E-state index is 11.4. The molecule has 6 nitrogen and oxygen atoms in total. The van der Waals surface area contributed by atoms with E-state index < -0.39 is 4.92 Å². The van der Waals surface area contributed by atoms with Gasteiger partial charge in [0.05, 0.1) is 11.5 Å². The number of rotatable bonds is 6. The summed E-state index contributed by atoms with van der Waals surface area (Å²) in [6.45, 7) is 1.70. The van der Waals surface area contributed by atoms with E-state index in [0.717, 1.165) is 25.7 Å². The van der Waals surface area contributed by atoms with Crippen LogP contribution in [-0.4, -0.2) is 35.0 Å². The quantitative estimate of drug-likeness (QED) is 0.495. The normalized spacial score (nSPS) is 15.1. The van der Waals surface area contributed by atoms with Gasteiger partial charge in [0, 0.05) is 24.2 Å². The predicted octanol–water partition coefficient (Wildman–Crippen LogP) is 2.54. The van der Waals surface area contributed by atoms with E-state index in [1.54, 1.807) is 12.1 Å². The Morgan fingerprint density at radius 3 is 2.62 bits per heavy atom. The average Bonchev–Trinajstić information content (AvgIpc) is 2.98. The van der Waals surface area contributed by atoms with Crippen LogP contribution in [0, 0.1) is 10.1 Å². The van der Waals surface area contributed by atoms with Crippen molar-refractivity contribution in [3.05, 3.63) is 33.9 Å². The highest BCUT2D eigenvalue weighted by Crippen LogP contribution is 2.34. The van der Waals surface area contributed by atoms with Crippen LogP contribution < -0.4 is 4.90 Å². The van der Waals surface area contributed by atoms with Crippen LogP contribution in [0.2, 0.25) is 0 Å². The highest BCUT2D eigenvalue weighted by Gasteiger charge is 2.28. The Labute approximate surface area is 123 Å². The van der Waals surface area contributed by atoms with Crippen molar-refractivity contribution in [2.24, 2.45) is 0 Å². The molecule has 0 unspecified atom stereocenters. The van der Waals surface area contributed by atoms with E-state index >= 15 is 0 Å². The lowest BCUT2D eigenvalue weighted by Crippen LogP contribution is -2.36. The van der Waals surface area contributed by atoms with Gasteiger partial charge in [-0.05, 0) is 31.9 Å². The molecule has 6 heteroatoms. The SMILES string of the molecule is CC(=O)c1ccc(N(CCO)C2CCCC2)c([N+](=O)[O-])c1. The number of nitro groups is 1. The number of aliphatic hydroxyl groups is 1. The van der Waals surface area contributed by atoms with Crippen molar-refractivity contribution in [1.29, 1.82) is 0 Å². The van der Waals surface area contributed by atoms with E-state index in [4.69, 9.17) is 0 Å². The fraction of sp³-hybridized carbons (Fsp3) is 0.533. The molecule has 2 rings (SSSR count). The van der Waals surface area contributed by atoms with Crippen LogP contribution >= 0.6 is 0 Å². The summed E-state index contributed by atoms with van der Waals surface area (Å²) in [6, 6.07) is 4.79. The van der Waals surface area contributed by atoms with Gasteiger partial charge < -0.3 is 10.0 Å². The molecule has 0 atom stereocenters. The summed E-state index contributed by atoms with van der Waals surface area (Å²) in [5, 5.41) is 20.6. The predicted molar refractivity (Wildman–Crippen MR) is 79.8 cm³/mol. The van der Waals surface area contributed by atoms with Gasteiger partial charge in [-0.2, -0.15) is 0 Å². The second-order valence-electron chi connectivity index (χ2n) is 5.37. The number of Topliss-reactive ketones (excluding diaryl/α,β-unsaturated/α-hetero) is 1. The van der Waals surface area contributed by atoms with Crippen molar-refractivity contribution in [2.75, 3.05) is 18.1 Å². The van der Waals surface area contributed by atoms with E-state index in [1.807, 2.05) is 4.90 Å². The molecule has 1 aromatic carbocycles. The molecule has 1 aromatic rings. The number of nitrogens with zero attached hydrogens (tertiary/aromatic N) is 2. The molecule has 0 radical (unpaired) electrons. The topological polar surface area (TPSA) is 83.7 Å². The number of carbonyl (C=O) groups is 1. The maximum Gasteiger partial charge on any atom is 0.293 e. The third-order valence-electron chi connectivity index (χ3n) is 3.99. The first-order valence-corrected chi connectivity index (χ1v) is 7.21. The monoisotopic (exact) mass is 292 g/mol. The Hall–Kier alpha value is -1.95. The Bertz CT molecular complexity index is 538. The molecular weight excluding hydrogens is 272 g/mol. The number of nitro benzene ring substituents is 1. The molecule has 1 aliphatic rings. The van der Waals surface area contributed by atoms with Crippen molar-refractivity contribution in [2.45, 2.75) is 38.6 Å². The zero-order valence-electron chi connectivity index (χ0n) is 12.1. The minimum Gasteiger partial charge on any atom is -0.395 e. The minimum atomic E-state index is -0.457. The van der Waals surface area contributed by atoms with Gasteiger partial charge in [0.1, 0.15) is 5.69 Å².